The Balaban J connectivity index is 2.68. The van der Waals surface area contributed by atoms with Crippen LogP contribution in [0.3, 0.4) is 0 Å². The summed E-state index contributed by atoms with van der Waals surface area (Å²) in [6.07, 6.45) is 0.623. The monoisotopic (exact) mass is 253 g/mol. The van der Waals surface area contributed by atoms with Gasteiger partial charge in [-0.15, -0.1) is 0 Å². The average Bonchev–Trinajstić information content (AvgIpc) is 2.37. The Kier molecular flexibility index (Phi) is 6.54. The first kappa shape index (κ1) is 14.8. The molecular formula is C14H23NO3. The highest BCUT2D eigenvalue weighted by Crippen LogP contribution is 2.28. The molecule has 1 atom stereocenters. The first-order valence-electron chi connectivity index (χ1n) is 6.35. The molecule has 0 aliphatic heterocycles. The summed E-state index contributed by atoms with van der Waals surface area (Å²) in [4.78, 5) is 0. The minimum absolute atomic E-state index is 0.266. The minimum atomic E-state index is -0.489. The molecule has 0 radical (unpaired) electrons. The van der Waals surface area contributed by atoms with E-state index in [1.54, 1.807) is 14.0 Å². The smallest absolute Gasteiger partial charge is 0.161 e. The zero-order chi connectivity index (χ0) is 13.4. The molecule has 0 bridgehead atoms. The van der Waals surface area contributed by atoms with Crippen molar-refractivity contribution in [2.45, 2.75) is 32.9 Å². The maximum atomic E-state index is 9.24. The molecule has 0 aliphatic rings. The molecule has 4 nitrogen and oxygen atoms in total. The van der Waals surface area contributed by atoms with E-state index in [-0.39, 0.29) is 6.61 Å². The average molecular weight is 253 g/mol. The van der Waals surface area contributed by atoms with E-state index in [9.17, 15) is 5.11 Å². The Morgan fingerprint density at radius 1 is 1.33 bits per heavy atom. The molecule has 1 aromatic rings. The summed E-state index contributed by atoms with van der Waals surface area (Å²) in [5, 5.41) is 12.6. The van der Waals surface area contributed by atoms with E-state index in [4.69, 9.17) is 9.47 Å². The largest absolute Gasteiger partial charge is 0.493 e. The van der Waals surface area contributed by atoms with Crippen LogP contribution >= 0.6 is 0 Å². The highest BCUT2D eigenvalue weighted by atomic mass is 16.5. The van der Waals surface area contributed by atoms with Crippen LogP contribution in [0.25, 0.3) is 0 Å². The van der Waals surface area contributed by atoms with Crippen LogP contribution in [0.5, 0.6) is 11.5 Å². The number of aliphatic hydroxyl groups is 1. The highest BCUT2D eigenvalue weighted by Gasteiger charge is 2.07. The van der Waals surface area contributed by atoms with Crippen LogP contribution in [-0.4, -0.2) is 31.5 Å². The summed E-state index contributed by atoms with van der Waals surface area (Å²) in [5.41, 5.74) is 1.14. The third-order valence-electron chi connectivity index (χ3n) is 2.46. The van der Waals surface area contributed by atoms with Crippen molar-refractivity contribution in [1.29, 1.82) is 0 Å². The van der Waals surface area contributed by atoms with Gasteiger partial charge in [-0.1, -0.05) is 13.0 Å². The van der Waals surface area contributed by atoms with Crippen LogP contribution < -0.4 is 14.8 Å². The third kappa shape index (κ3) is 4.94. The first-order chi connectivity index (χ1) is 8.67. The fourth-order valence-corrected chi connectivity index (χ4v) is 1.56. The maximum absolute atomic E-state index is 9.24. The number of benzene rings is 1. The molecule has 1 unspecified atom stereocenters. The number of nitrogens with one attached hydrogen (secondary N) is 1. The van der Waals surface area contributed by atoms with Gasteiger partial charge >= 0.3 is 0 Å². The second kappa shape index (κ2) is 7.95. The van der Waals surface area contributed by atoms with Crippen LogP contribution in [0.1, 0.15) is 25.8 Å². The van der Waals surface area contributed by atoms with Crippen molar-refractivity contribution in [1.82, 2.24) is 5.32 Å². The normalized spacial score (nSPS) is 12.2. The summed E-state index contributed by atoms with van der Waals surface area (Å²) < 4.78 is 10.8. The molecule has 0 saturated carbocycles. The molecule has 0 aliphatic carbocycles. The van der Waals surface area contributed by atoms with Crippen molar-refractivity contribution >= 4 is 0 Å². The maximum Gasteiger partial charge on any atom is 0.161 e. The van der Waals surface area contributed by atoms with Gasteiger partial charge in [0.1, 0.15) is 6.61 Å². The lowest BCUT2D eigenvalue weighted by molar-refractivity contribution is 0.120. The molecule has 2 N–H and O–H groups in total. The summed E-state index contributed by atoms with van der Waals surface area (Å²) >= 11 is 0. The SMILES string of the molecule is CCCNCc1ccc(OC)c(OCC(C)O)c1. The molecule has 102 valence electrons. The fraction of sp³-hybridized carbons (Fsp3) is 0.571. The number of methoxy groups -OCH3 is 1. The molecular weight excluding hydrogens is 230 g/mol. The third-order valence-corrected chi connectivity index (χ3v) is 2.46. The van der Waals surface area contributed by atoms with Gasteiger partial charge in [0, 0.05) is 6.54 Å². The topological polar surface area (TPSA) is 50.7 Å². The lowest BCUT2D eigenvalue weighted by Gasteiger charge is -2.13. The van der Waals surface area contributed by atoms with Crippen molar-refractivity contribution in [3.05, 3.63) is 23.8 Å². The number of rotatable bonds is 8. The van der Waals surface area contributed by atoms with Gasteiger partial charge in [-0.05, 0) is 37.6 Å². The molecule has 1 aromatic carbocycles. The van der Waals surface area contributed by atoms with Crippen molar-refractivity contribution in [3.8, 4) is 11.5 Å². The molecule has 0 amide bonds. The lowest BCUT2D eigenvalue weighted by Crippen LogP contribution is -2.15. The predicted molar refractivity (Wildman–Crippen MR) is 72.2 cm³/mol. The predicted octanol–water partition coefficient (Wildman–Crippen LogP) is 1.95. The molecule has 0 heterocycles. The van der Waals surface area contributed by atoms with Gasteiger partial charge in [0.15, 0.2) is 11.5 Å². The number of ether oxygens (including phenoxy) is 2. The number of hydrogen-bond donors (Lipinski definition) is 2. The second-order valence-corrected chi connectivity index (χ2v) is 4.32. The van der Waals surface area contributed by atoms with Crippen LogP contribution in [0.2, 0.25) is 0 Å². The van der Waals surface area contributed by atoms with E-state index in [0.29, 0.717) is 11.5 Å². The van der Waals surface area contributed by atoms with Gasteiger partial charge in [-0.3, -0.25) is 0 Å². The molecule has 0 saturated heterocycles. The molecule has 18 heavy (non-hydrogen) atoms. The van der Waals surface area contributed by atoms with E-state index in [1.807, 2.05) is 18.2 Å². The Labute approximate surface area is 109 Å². The Bertz CT molecular complexity index is 353. The Morgan fingerprint density at radius 2 is 2.11 bits per heavy atom. The standard InChI is InChI=1S/C14H23NO3/c1-4-7-15-9-12-5-6-13(17-3)14(8-12)18-10-11(2)16/h5-6,8,11,15-16H,4,7,9-10H2,1-3H3. The van der Waals surface area contributed by atoms with Crippen molar-refractivity contribution in [2.75, 3.05) is 20.3 Å². The van der Waals surface area contributed by atoms with Gasteiger partial charge in [-0.25, -0.2) is 0 Å². The summed E-state index contributed by atoms with van der Waals surface area (Å²) in [6, 6.07) is 5.85. The zero-order valence-electron chi connectivity index (χ0n) is 11.4. The minimum Gasteiger partial charge on any atom is -0.493 e. The van der Waals surface area contributed by atoms with E-state index < -0.39 is 6.10 Å². The zero-order valence-corrected chi connectivity index (χ0v) is 11.4. The number of aliphatic hydroxyl groups excluding tert-OH is 1. The van der Waals surface area contributed by atoms with E-state index in [0.717, 1.165) is 25.1 Å². The molecule has 0 fully saturated rings. The fourth-order valence-electron chi connectivity index (χ4n) is 1.56. The Hall–Kier alpha value is -1.26. The second-order valence-electron chi connectivity index (χ2n) is 4.32. The van der Waals surface area contributed by atoms with Crippen LogP contribution in [0.15, 0.2) is 18.2 Å². The molecule has 0 aromatic heterocycles. The van der Waals surface area contributed by atoms with Gasteiger partial charge in [0.2, 0.25) is 0 Å². The van der Waals surface area contributed by atoms with E-state index >= 15 is 0 Å². The van der Waals surface area contributed by atoms with E-state index in [1.165, 1.54) is 0 Å². The summed E-state index contributed by atoms with van der Waals surface area (Å²) in [5.74, 6) is 1.36. The van der Waals surface area contributed by atoms with Gasteiger partial charge in [-0.2, -0.15) is 0 Å². The number of hydrogen-bond acceptors (Lipinski definition) is 4. The summed E-state index contributed by atoms with van der Waals surface area (Å²) in [7, 11) is 1.61. The molecule has 4 heteroatoms. The van der Waals surface area contributed by atoms with Gasteiger partial charge in [0.05, 0.1) is 13.2 Å². The lowest BCUT2D eigenvalue weighted by atomic mass is 10.2. The van der Waals surface area contributed by atoms with Crippen LogP contribution in [0.4, 0.5) is 0 Å². The van der Waals surface area contributed by atoms with Crippen molar-refractivity contribution < 1.29 is 14.6 Å². The highest BCUT2D eigenvalue weighted by molar-refractivity contribution is 5.42. The quantitative estimate of drug-likeness (QED) is 0.695. The van der Waals surface area contributed by atoms with Crippen LogP contribution in [0, 0.1) is 0 Å². The van der Waals surface area contributed by atoms with Crippen molar-refractivity contribution in [2.24, 2.45) is 0 Å². The van der Waals surface area contributed by atoms with Crippen LogP contribution in [-0.2, 0) is 6.54 Å². The van der Waals surface area contributed by atoms with Crippen molar-refractivity contribution in [3.63, 3.8) is 0 Å². The summed E-state index contributed by atoms with van der Waals surface area (Å²) in [6.45, 7) is 5.90. The Morgan fingerprint density at radius 3 is 2.72 bits per heavy atom. The van der Waals surface area contributed by atoms with Gasteiger partial charge < -0.3 is 19.9 Å². The molecule has 1 rings (SSSR count). The van der Waals surface area contributed by atoms with Gasteiger partial charge in [0.25, 0.3) is 0 Å². The van der Waals surface area contributed by atoms with E-state index in [2.05, 4.69) is 12.2 Å². The molecule has 0 spiro atoms. The first-order valence-corrected chi connectivity index (χ1v) is 6.35.